The average molecular weight is 801 g/mol. The molecular formula is C60H41BN2. The highest BCUT2D eigenvalue weighted by atomic mass is 14.9. The minimum atomic E-state index is 0.190. The third kappa shape index (κ3) is 6.28. The molecule has 63 heavy (non-hydrogen) atoms. The van der Waals surface area contributed by atoms with E-state index >= 15 is 0 Å². The van der Waals surface area contributed by atoms with Crippen LogP contribution in [-0.2, 0) is 0 Å². The second-order valence-electron chi connectivity index (χ2n) is 16.5. The second-order valence-corrected chi connectivity index (χ2v) is 16.5. The minimum Gasteiger partial charge on any atom is -0.375 e. The van der Waals surface area contributed by atoms with Crippen LogP contribution in [0.25, 0.3) is 88.6 Å². The van der Waals surface area contributed by atoms with Crippen molar-refractivity contribution in [2.24, 2.45) is 0 Å². The lowest BCUT2D eigenvalue weighted by molar-refractivity contribution is 1.31. The van der Waals surface area contributed by atoms with Gasteiger partial charge in [-0.25, -0.2) is 0 Å². The Labute approximate surface area is 368 Å². The van der Waals surface area contributed by atoms with Crippen LogP contribution >= 0.6 is 0 Å². The lowest BCUT2D eigenvalue weighted by Gasteiger charge is -2.32. The Kier molecular flexibility index (Phi) is 8.97. The second kappa shape index (κ2) is 15.4. The predicted octanol–water partition coefficient (Wildman–Crippen LogP) is 14.5. The van der Waals surface area contributed by atoms with E-state index in [1.54, 1.807) is 0 Å². The Balaban J connectivity index is 0.000000134. The molecule has 11 aromatic rings. The van der Waals surface area contributed by atoms with Gasteiger partial charge < -0.3 is 9.79 Å². The van der Waals surface area contributed by atoms with Gasteiger partial charge in [-0.3, -0.25) is 0 Å². The lowest BCUT2D eigenvalue weighted by atomic mass is 9.45. The molecule has 1 aromatic heterocycles. The van der Waals surface area contributed by atoms with Crippen molar-refractivity contribution in [3.05, 3.63) is 243 Å². The zero-order chi connectivity index (χ0) is 41.7. The Bertz CT molecular complexity index is 3460. The fourth-order valence-corrected chi connectivity index (χ4v) is 10.0. The van der Waals surface area contributed by atoms with Gasteiger partial charge in [0.1, 0.15) is 0 Å². The van der Waals surface area contributed by atoms with E-state index in [1.807, 2.05) is 12.1 Å². The molecule has 0 amide bonds. The highest BCUT2D eigenvalue weighted by molar-refractivity contribution is 6.88. The molecule has 1 N–H and O–H groups in total. The van der Waals surface area contributed by atoms with Crippen molar-refractivity contribution >= 4 is 51.0 Å². The first-order valence-electron chi connectivity index (χ1n) is 21.8. The molecule has 2 aliphatic rings. The number of hydrogen-bond donors (Lipinski definition) is 1. The summed E-state index contributed by atoms with van der Waals surface area (Å²) in [6, 6.07) is 87.1. The number of hydrogen-bond acceptors (Lipinski definition) is 1. The molecule has 0 saturated carbocycles. The maximum Gasteiger partial charge on any atom is 0.329 e. The third-order valence-electron chi connectivity index (χ3n) is 12.9. The molecule has 0 fully saturated rings. The quantitative estimate of drug-likeness (QED) is 0.166. The molecule has 0 aliphatic carbocycles. The standard InChI is InChI=1S/C30H18BN.C30H23N/c1-2-8-19(9-3-1)20-16-17-22-24-12-7-14-26-25-13-6-11-23-21-10-4-5-15-27(21)31(28(22)18-20)32(29(23)25)30(24)26;1-3-11-23(12-4-1)24-19-21-26(22-20-24)28-16-8-10-18-30(28)31-29-17-9-7-15-27(29)25-13-5-2-6-14-25/h1-18H;1-22,31H. The molecular weight excluding hydrogens is 759 g/mol. The summed E-state index contributed by atoms with van der Waals surface area (Å²) >= 11 is 0. The van der Waals surface area contributed by atoms with Crippen LogP contribution in [0, 0.1) is 0 Å². The lowest BCUT2D eigenvalue weighted by Crippen LogP contribution is -2.53. The summed E-state index contributed by atoms with van der Waals surface area (Å²) < 4.78 is 2.62. The van der Waals surface area contributed by atoms with Gasteiger partial charge in [-0.05, 0) is 67.6 Å². The third-order valence-corrected chi connectivity index (χ3v) is 12.9. The van der Waals surface area contributed by atoms with E-state index in [4.69, 9.17) is 0 Å². The molecule has 0 bridgehead atoms. The summed E-state index contributed by atoms with van der Waals surface area (Å²) in [6.07, 6.45) is 0. The van der Waals surface area contributed by atoms with E-state index in [0.29, 0.717) is 0 Å². The van der Waals surface area contributed by atoms with Crippen LogP contribution in [0.5, 0.6) is 0 Å². The van der Waals surface area contributed by atoms with Crippen molar-refractivity contribution in [3.8, 4) is 66.8 Å². The topological polar surface area (TPSA) is 17.0 Å². The summed E-state index contributed by atoms with van der Waals surface area (Å²) in [5, 5.41) is 6.40. The highest BCUT2D eigenvalue weighted by Gasteiger charge is 2.39. The molecule has 3 heteroatoms. The SMILES string of the molecule is c1ccc(-c2ccc(-c3ccccc3Nc3ccccc3-c3ccccc3)cc2)cc1.c1ccc(-c2ccc3c(c2)B2c4ccccc4-c4cccc5c6cccc-3c6n2c45)cc1. The van der Waals surface area contributed by atoms with E-state index in [0.717, 1.165) is 11.4 Å². The van der Waals surface area contributed by atoms with Crippen LogP contribution in [0.3, 0.4) is 0 Å². The van der Waals surface area contributed by atoms with Gasteiger partial charge in [0.05, 0.1) is 0 Å². The first-order chi connectivity index (χ1) is 31.3. The van der Waals surface area contributed by atoms with Gasteiger partial charge in [0.25, 0.3) is 0 Å². The molecule has 2 aliphatic heterocycles. The zero-order valence-electron chi connectivity index (χ0n) is 34.6. The van der Waals surface area contributed by atoms with Crippen LogP contribution in [0.2, 0.25) is 0 Å². The molecule has 10 aromatic carbocycles. The Morgan fingerprint density at radius 1 is 0.270 bits per heavy atom. The van der Waals surface area contributed by atoms with Gasteiger partial charge in [0, 0.05) is 55.4 Å². The van der Waals surface area contributed by atoms with Crippen molar-refractivity contribution in [3.63, 3.8) is 0 Å². The molecule has 2 nitrogen and oxygen atoms in total. The van der Waals surface area contributed by atoms with Crippen LogP contribution in [0.4, 0.5) is 11.4 Å². The Morgan fingerprint density at radius 2 is 0.667 bits per heavy atom. The largest absolute Gasteiger partial charge is 0.375 e. The van der Waals surface area contributed by atoms with Gasteiger partial charge in [-0.1, -0.05) is 231 Å². The summed E-state index contributed by atoms with van der Waals surface area (Å²) in [7, 11) is 0. The van der Waals surface area contributed by atoms with E-state index in [-0.39, 0.29) is 6.85 Å². The van der Waals surface area contributed by atoms with Gasteiger partial charge in [0.15, 0.2) is 0 Å². The minimum absolute atomic E-state index is 0.190. The Hall–Kier alpha value is -8.14. The zero-order valence-corrected chi connectivity index (χ0v) is 34.6. The normalized spacial score (nSPS) is 11.8. The highest BCUT2D eigenvalue weighted by Crippen LogP contribution is 2.44. The molecule has 3 heterocycles. The first-order valence-corrected chi connectivity index (χ1v) is 21.8. The fourth-order valence-electron chi connectivity index (χ4n) is 10.0. The summed E-state index contributed by atoms with van der Waals surface area (Å²) in [4.78, 5) is 0. The Morgan fingerprint density at radius 3 is 1.25 bits per heavy atom. The molecule has 13 rings (SSSR count). The average Bonchev–Trinajstić information content (AvgIpc) is 3.71. The van der Waals surface area contributed by atoms with Gasteiger partial charge in [-0.15, -0.1) is 0 Å². The number of nitrogens with one attached hydrogen (secondary N) is 1. The van der Waals surface area contributed by atoms with Crippen molar-refractivity contribution in [1.82, 2.24) is 4.48 Å². The number of fused-ring (bicyclic) bond motifs is 7. The van der Waals surface area contributed by atoms with Crippen LogP contribution in [-0.4, -0.2) is 11.3 Å². The van der Waals surface area contributed by atoms with Crippen molar-refractivity contribution in [1.29, 1.82) is 0 Å². The number of anilines is 2. The van der Waals surface area contributed by atoms with Gasteiger partial charge in [0.2, 0.25) is 0 Å². The van der Waals surface area contributed by atoms with Crippen molar-refractivity contribution in [2.45, 2.75) is 0 Å². The van der Waals surface area contributed by atoms with Crippen LogP contribution in [0.1, 0.15) is 0 Å². The van der Waals surface area contributed by atoms with E-state index in [2.05, 4.69) is 240 Å². The molecule has 294 valence electrons. The number of nitrogens with zero attached hydrogens (tertiary/aromatic N) is 1. The smallest absolute Gasteiger partial charge is 0.329 e. The van der Waals surface area contributed by atoms with Crippen molar-refractivity contribution < 1.29 is 0 Å². The predicted molar refractivity (Wildman–Crippen MR) is 269 cm³/mol. The van der Waals surface area contributed by atoms with Crippen LogP contribution < -0.4 is 16.2 Å². The molecule has 0 saturated heterocycles. The van der Waals surface area contributed by atoms with Crippen LogP contribution in [0.15, 0.2) is 243 Å². The summed E-state index contributed by atoms with van der Waals surface area (Å²) in [5.74, 6) is 0. The number of aromatic nitrogens is 1. The monoisotopic (exact) mass is 800 g/mol. The number of benzene rings is 10. The van der Waals surface area contributed by atoms with Crippen molar-refractivity contribution in [2.75, 3.05) is 5.32 Å². The first kappa shape index (κ1) is 36.7. The number of para-hydroxylation sites is 4. The van der Waals surface area contributed by atoms with E-state index < -0.39 is 0 Å². The molecule has 0 radical (unpaired) electrons. The number of rotatable bonds is 6. The maximum absolute atomic E-state index is 3.68. The fraction of sp³-hybridized carbons (Fsp3) is 0. The van der Waals surface area contributed by atoms with E-state index in [1.165, 1.54) is 99.5 Å². The van der Waals surface area contributed by atoms with Gasteiger partial charge >= 0.3 is 6.85 Å². The van der Waals surface area contributed by atoms with E-state index in [9.17, 15) is 0 Å². The molecule has 0 unspecified atom stereocenters. The van der Waals surface area contributed by atoms with Gasteiger partial charge in [-0.2, -0.15) is 0 Å². The summed E-state index contributed by atoms with van der Waals surface area (Å²) in [6.45, 7) is 0.190. The molecule has 0 spiro atoms. The molecule has 0 atom stereocenters. The maximum atomic E-state index is 3.68. The summed E-state index contributed by atoms with van der Waals surface area (Å²) in [5.41, 5.74) is 22.9.